The van der Waals surface area contributed by atoms with E-state index in [1.165, 1.54) is 4.90 Å². The molecular weight excluding hydrogens is 476 g/mol. The Hall–Kier alpha value is -3.59. The number of amides is 2. The molecule has 2 aromatic carbocycles. The first-order chi connectivity index (χ1) is 18.0. The van der Waals surface area contributed by atoms with E-state index < -0.39 is 18.1 Å². The Balaban J connectivity index is 0.000000206. The molecule has 0 aromatic heterocycles. The van der Waals surface area contributed by atoms with Gasteiger partial charge < -0.3 is 24.6 Å². The molecule has 2 N–H and O–H groups in total. The van der Waals surface area contributed by atoms with Crippen LogP contribution in [0, 0.1) is 0 Å². The van der Waals surface area contributed by atoms with Crippen molar-refractivity contribution in [3.8, 4) is 0 Å². The van der Waals surface area contributed by atoms with E-state index in [0.29, 0.717) is 19.5 Å². The first-order valence-corrected chi connectivity index (χ1v) is 12.8. The van der Waals surface area contributed by atoms with E-state index in [4.69, 9.17) is 14.6 Å². The van der Waals surface area contributed by atoms with Crippen LogP contribution in [0.2, 0.25) is 0 Å². The second-order valence-electron chi connectivity index (χ2n) is 9.15. The average Bonchev–Trinajstić information content (AvgIpc) is 2.96. The Morgan fingerprint density at radius 3 is 1.73 bits per heavy atom. The van der Waals surface area contributed by atoms with Crippen molar-refractivity contribution in [1.82, 2.24) is 9.80 Å². The Kier molecular flexibility index (Phi) is 11.2. The van der Waals surface area contributed by atoms with E-state index in [-0.39, 0.29) is 32.0 Å². The molecule has 2 fully saturated rings. The second-order valence-corrected chi connectivity index (χ2v) is 9.15. The predicted molar refractivity (Wildman–Crippen MR) is 137 cm³/mol. The molecule has 0 saturated carbocycles. The molecule has 4 rings (SSSR count). The standard InChI is InChI=1S/C14H17NO4.C14H19NO3/c16-13(17)12-8-4-5-9-15(12)14(18)19-10-11-6-2-1-3-7-11;16-10-13-8-4-5-9-15(13)14(17)18-11-12-6-2-1-3-7-12/h1-3,6-7,12H,4-5,8-10H2,(H,16,17);1-3,6-7,13,16H,4-5,8-11H2/t12-;13-/m00/s1. The Bertz CT molecular complexity index is 987. The lowest BCUT2D eigenvalue weighted by atomic mass is 10.0. The SMILES string of the molecule is O=C(O)[C@@H]1CCCCN1C(=O)OCc1ccccc1.O=C(OCc1ccccc1)N1CCCC[C@H]1CO. The summed E-state index contributed by atoms with van der Waals surface area (Å²) in [7, 11) is 0. The molecule has 0 radical (unpaired) electrons. The summed E-state index contributed by atoms with van der Waals surface area (Å²) in [5.74, 6) is -0.962. The summed E-state index contributed by atoms with van der Waals surface area (Å²) in [5, 5.41) is 18.3. The summed E-state index contributed by atoms with van der Waals surface area (Å²) in [5.41, 5.74) is 1.86. The van der Waals surface area contributed by atoms with E-state index in [0.717, 1.165) is 43.2 Å². The minimum atomic E-state index is -0.962. The number of rotatable bonds is 6. The van der Waals surface area contributed by atoms with Gasteiger partial charge in [0.15, 0.2) is 0 Å². The highest BCUT2D eigenvalue weighted by molar-refractivity contribution is 5.80. The predicted octanol–water partition coefficient (Wildman–Crippen LogP) is 4.43. The Morgan fingerprint density at radius 1 is 0.730 bits per heavy atom. The largest absolute Gasteiger partial charge is 0.480 e. The number of nitrogens with zero attached hydrogens (tertiary/aromatic N) is 2. The molecule has 2 aliphatic heterocycles. The van der Waals surface area contributed by atoms with Crippen LogP contribution in [0.4, 0.5) is 9.59 Å². The van der Waals surface area contributed by atoms with Crippen molar-refractivity contribution in [2.75, 3.05) is 19.7 Å². The number of carboxylic acids is 1. The number of aliphatic carboxylic acids is 1. The minimum Gasteiger partial charge on any atom is -0.480 e. The van der Waals surface area contributed by atoms with Crippen molar-refractivity contribution in [1.29, 1.82) is 0 Å². The molecule has 2 heterocycles. The normalized spacial score (nSPS) is 19.3. The zero-order chi connectivity index (χ0) is 26.5. The molecule has 37 heavy (non-hydrogen) atoms. The van der Waals surface area contributed by atoms with E-state index in [2.05, 4.69) is 0 Å². The van der Waals surface area contributed by atoms with Crippen molar-refractivity contribution >= 4 is 18.2 Å². The third-order valence-corrected chi connectivity index (χ3v) is 6.51. The fourth-order valence-corrected chi connectivity index (χ4v) is 4.44. The molecule has 200 valence electrons. The van der Waals surface area contributed by atoms with Gasteiger partial charge in [0.25, 0.3) is 0 Å². The van der Waals surface area contributed by atoms with Crippen molar-refractivity contribution < 1.29 is 34.1 Å². The third kappa shape index (κ3) is 8.78. The first-order valence-electron chi connectivity index (χ1n) is 12.8. The summed E-state index contributed by atoms with van der Waals surface area (Å²) in [6, 6.07) is 18.1. The highest BCUT2D eigenvalue weighted by Gasteiger charge is 2.33. The van der Waals surface area contributed by atoms with Gasteiger partial charge in [0.2, 0.25) is 0 Å². The van der Waals surface area contributed by atoms with Crippen LogP contribution in [-0.2, 0) is 27.5 Å². The summed E-state index contributed by atoms with van der Waals surface area (Å²) >= 11 is 0. The van der Waals surface area contributed by atoms with Crippen LogP contribution in [0.1, 0.15) is 49.7 Å². The van der Waals surface area contributed by atoms with E-state index in [1.54, 1.807) is 4.90 Å². The molecular formula is C28H36N2O7. The molecule has 0 aliphatic carbocycles. The van der Waals surface area contributed by atoms with Gasteiger partial charge in [-0.25, -0.2) is 14.4 Å². The lowest BCUT2D eigenvalue weighted by Crippen LogP contribution is -2.48. The fraction of sp³-hybridized carbons (Fsp3) is 0.464. The molecule has 9 nitrogen and oxygen atoms in total. The topological polar surface area (TPSA) is 117 Å². The maximum atomic E-state index is 11.9. The third-order valence-electron chi connectivity index (χ3n) is 6.51. The lowest BCUT2D eigenvalue weighted by Gasteiger charge is -2.33. The van der Waals surface area contributed by atoms with Gasteiger partial charge in [0.1, 0.15) is 19.3 Å². The van der Waals surface area contributed by atoms with Crippen molar-refractivity contribution in [2.45, 2.75) is 63.8 Å². The summed E-state index contributed by atoms with van der Waals surface area (Å²) in [4.78, 5) is 37.9. The Morgan fingerprint density at radius 2 is 1.22 bits per heavy atom. The van der Waals surface area contributed by atoms with E-state index >= 15 is 0 Å². The number of aliphatic hydroxyl groups is 1. The van der Waals surface area contributed by atoms with Crippen LogP contribution in [0.3, 0.4) is 0 Å². The van der Waals surface area contributed by atoms with Crippen molar-refractivity contribution in [2.24, 2.45) is 0 Å². The van der Waals surface area contributed by atoms with Crippen LogP contribution in [0.15, 0.2) is 60.7 Å². The molecule has 2 aliphatic rings. The fourth-order valence-electron chi connectivity index (χ4n) is 4.44. The van der Waals surface area contributed by atoms with E-state index in [1.807, 2.05) is 60.7 Å². The number of aliphatic hydroxyl groups excluding tert-OH is 1. The molecule has 2 atom stereocenters. The van der Waals surface area contributed by atoms with Crippen LogP contribution in [-0.4, -0.2) is 69.9 Å². The van der Waals surface area contributed by atoms with Gasteiger partial charge in [0.05, 0.1) is 12.6 Å². The number of piperidine rings is 2. The molecule has 2 aromatic rings. The van der Waals surface area contributed by atoms with Gasteiger partial charge in [-0.2, -0.15) is 0 Å². The highest BCUT2D eigenvalue weighted by atomic mass is 16.6. The van der Waals surface area contributed by atoms with Crippen LogP contribution < -0.4 is 0 Å². The molecule has 0 unspecified atom stereocenters. The number of hydrogen-bond acceptors (Lipinski definition) is 6. The maximum Gasteiger partial charge on any atom is 0.410 e. The summed E-state index contributed by atoms with van der Waals surface area (Å²) in [6.45, 7) is 1.60. The molecule has 0 spiro atoms. The van der Waals surface area contributed by atoms with Gasteiger partial charge in [-0.1, -0.05) is 60.7 Å². The maximum absolute atomic E-state index is 11.9. The number of hydrogen-bond donors (Lipinski definition) is 2. The van der Waals surface area contributed by atoms with Gasteiger partial charge in [-0.05, 0) is 49.7 Å². The average molecular weight is 513 g/mol. The molecule has 0 bridgehead atoms. The Labute approximate surface area is 217 Å². The number of ether oxygens (including phenoxy) is 2. The molecule has 9 heteroatoms. The second kappa shape index (κ2) is 14.8. The minimum absolute atomic E-state index is 0.0143. The van der Waals surface area contributed by atoms with Gasteiger partial charge in [0, 0.05) is 13.1 Å². The zero-order valence-corrected chi connectivity index (χ0v) is 21.0. The molecule has 2 saturated heterocycles. The summed E-state index contributed by atoms with van der Waals surface area (Å²) in [6.07, 6.45) is 4.19. The van der Waals surface area contributed by atoms with Crippen molar-refractivity contribution in [3.05, 3.63) is 71.8 Å². The quantitative estimate of drug-likeness (QED) is 0.588. The zero-order valence-electron chi connectivity index (χ0n) is 21.0. The monoisotopic (exact) mass is 512 g/mol. The number of benzene rings is 2. The number of carbonyl (C=O) groups excluding carboxylic acids is 2. The van der Waals surface area contributed by atoms with Crippen LogP contribution in [0.25, 0.3) is 0 Å². The number of carboxylic acid groups (broad SMARTS) is 1. The first kappa shape index (κ1) is 28.0. The summed E-state index contributed by atoms with van der Waals surface area (Å²) < 4.78 is 10.4. The highest BCUT2D eigenvalue weighted by Crippen LogP contribution is 2.19. The van der Waals surface area contributed by atoms with Crippen molar-refractivity contribution in [3.63, 3.8) is 0 Å². The van der Waals surface area contributed by atoms with Crippen LogP contribution >= 0.6 is 0 Å². The number of carbonyl (C=O) groups is 3. The van der Waals surface area contributed by atoms with Gasteiger partial charge in [-0.3, -0.25) is 4.90 Å². The number of likely N-dealkylation sites (tertiary alicyclic amines) is 2. The van der Waals surface area contributed by atoms with Crippen LogP contribution in [0.5, 0.6) is 0 Å². The van der Waals surface area contributed by atoms with Gasteiger partial charge in [-0.15, -0.1) is 0 Å². The smallest absolute Gasteiger partial charge is 0.410 e. The van der Waals surface area contributed by atoms with E-state index in [9.17, 15) is 19.5 Å². The lowest BCUT2D eigenvalue weighted by molar-refractivity contribution is -0.143. The molecule has 2 amide bonds. The van der Waals surface area contributed by atoms with Gasteiger partial charge >= 0.3 is 18.2 Å².